The van der Waals surface area contributed by atoms with Crippen molar-refractivity contribution in [3.05, 3.63) is 38.3 Å². The van der Waals surface area contributed by atoms with E-state index in [1.54, 1.807) is 12.3 Å². The lowest BCUT2D eigenvalue weighted by atomic mass is 10.2. The second-order valence-electron chi connectivity index (χ2n) is 3.97. The Labute approximate surface area is 140 Å². The van der Waals surface area contributed by atoms with Crippen molar-refractivity contribution < 1.29 is 4.74 Å². The Kier molecular flexibility index (Phi) is 5.62. The maximum atomic E-state index is 6.15. The summed E-state index contributed by atoms with van der Waals surface area (Å²) in [5.41, 5.74) is 4.64. The van der Waals surface area contributed by atoms with Gasteiger partial charge in [0.2, 0.25) is 5.13 Å². The van der Waals surface area contributed by atoms with Gasteiger partial charge in [0.15, 0.2) is 5.75 Å². The van der Waals surface area contributed by atoms with Crippen molar-refractivity contribution in [2.75, 3.05) is 12.0 Å². The van der Waals surface area contributed by atoms with Crippen molar-refractivity contribution in [1.29, 1.82) is 0 Å². The number of hydrogen-bond donors (Lipinski definition) is 1. The van der Waals surface area contributed by atoms with Gasteiger partial charge < -0.3 is 4.74 Å². The zero-order chi connectivity index (χ0) is 15.2. The predicted octanol–water partition coefficient (Wildman–Crippen LogP) is 4.33. The van der Waals surface area contributed by atoms with Gasteiger partial charge in [-0.1, -0.05) is 17.5 Å². The fourth-order valence-electron chi connectivity index (χ4n) is 1.47. The highest BCUT2D eigenvalue weighted by molar-refractivity contribution is 9.10. The quantitative estimate of drug-likeness (QED) is 0.474. The van der Waals surface area contributed by atoms with Crippen molar-refractivity contribution in [3.63, 3.8) is 0 Å². The monoisotopic (exact) mass is 383 g/mol. The molecule has 4 nitrogen and oxygen atoms in total. The normalized spacial score (nSPS) is 10.6. The predicted molar refractivity (Wildman–Crippen MR) is 91.5 cm³/mol. The minimum atomic E-state index is 0.163. The van der Waals surface area contributed by atoms with Crippen LogP contribution in [0.25, 0.3) is 0 Å². The minimum Gasteiger partial charge on any atom is -0.478 e. The number of aromatic nitrogens is 1. The Hall–Kier alpha value is -1.55. The molecule has 1 aromatic carbocycles. The molecule has 0 atom stereocenters. The Balaban J connectivity index is 2.09. The van der Waals surface area contributed by atoms with Crippen molar-refractivity contribution in [2.24, 2.45) is 5.10 Å². The molecule has 1 aromatic heterocycles. The van der Waals surface area contributed by atoms with E-state index in [2.05, 4.69) is 37.4 Å². The van der Waals surface area contributed by atoms with E-state index in [-0.39, 0.29) is 6.61 Å². The molecule has 0 fully saturated rings. The fraction of sp³-hybridized carbons (Fsp3) is 0.143. The van der Waals surface area contributed by atoms with Gasteiger partial charge in [0, 0.05) is 5.38 Å². The first-order chi connectivity index (χ1) is 10.1. The molecule has 0 saturated carbocycles. The molecular formula is C14H11BrClN3OS. The zero-order valence-electron chi connectivity index (χ0n) is 11.1. The zero-order valence-corrected chi connectivity index (χ0v) is 14.2. The molecule has 2 aromatic rings. The van der Waals surface area contributed by atoms with Crippen LogP contribution in [0.2, 0.25) is 5.02 Å². The number of nitrogens with zero attached hydrogens (tertiary/aromatic N) is 2. The Bertz CT molecular complexity index is 685. The third kappa shape index (κ3) is 4.46. The highest BCUT2D eigenvalue weighted by Crippen LogP contribution is 2.34. The van der Waals surface area contributed by atoms with Crippen molar-refractivity contribution in [1.82, 2.24) is 4.98 Å². The minimum absolute atomic E-state index is 0.163. The van der Waals surface area contributed by atoms with Crippen molar-refractivity contribution >= 4 is 50.2 Å². The van der Waals surface area contributed by atoms with Crippen LogP contribution in [0, 0.1) is 19.3 Å². The summed E-state index contributed by atoms with van der Waals surface area (Å²) in [5.74, 6) is 2.92. The molecular weight excluding hydrogens is 374 g/mol. The molecule has 0 aliphatic heterocycles. The average Bonchev–Trinajstić information content (AvgIpc) is 2.84. The van der Waals surface area contributed by atoms with Gasteiger partial charge in [0.1, 0.15) is 6.61 Å². The van der Waals surface area contributed by atoms with E-state index in [0.717, 1.165) is 20.9 Å². The van der Waals surface area contributed by atoms with E-state index < -0.39 is 0 Å². The van der Waals surface area contributed by atoms with Crippen LogP contribution < -0.4 is 10.2 Å². The van der Waals surface area contributed by atoms with Gasteiger partial charge in [-0.25, -0.2) is 4.98 Å². The van der Waals surface area contributed by atoms with E-state index in [4.69, 9.17) is 22.8 Å². The summed E-state index contributed by atoms with van der Waals surface area (Å²) in [5, 5.41) is 7.27. The largest absolute Gasteiger partial charge is 0.478 e. The molecule has 0 bridgehead atoms. The lowest BCUT2D eigenvalue weighted by Gasteiger charge is -2.08. The van der Waals surface area contributed by atoms with Gasteiger partial charge in [-0.05, 0) is 40.5 Å². The first-order valence-electron chi connectivity index (χ1n) is 5.86. The van der Waals surface area contributed by atoms with E-state index in [1.807, 2.05) is 18.4 Å². The Morgan fingerprint density at radius 1 is 1.62 bits per heavy atom. The molecule has 7 heteroatoms. The number of terminal acetylenes is 1. The standard InChI is InChI=1S/C14H11BrClN3OS/c1-3-4-20-13-11(15)5-10(6-12(13)16)7-17-19-14-18-9(2)8-21-14/h1,5-8H,4H2,2H3,(H,18,19). The Morgan fingerprint density at radius 3 is 3.05 bits per heavy atom. The van der Waals surface area contributed by atoms with Crippen LogP contribution in [-0.4, -0.2) is 17.8 Å². The fourth-order valence-corrected chi connectivity index (χ4v) is 3.10. The number of nitrogens with one attached hydrogen (secondary N) is 1. The maximum Gasteiger partial charge on any atom is 0.203 e. The second-order valence-corrected chi connectivity index (χ2v) is 6.09. The molecule has 0 radical (unpaired) electrons. The van der Waals surface area contributed by atoms with Crippen molar-refractivity contribution in [2.45, 2.75) is 6.92 Å². The number of rotatable bonds is 5. The second kappa shape index (κ2) is 7.46. The SMILES string of the molecule is C#CCOc1c(Cl)cc(C=NNc2nc(C)cs2)cc1Br. The van der Waals surface area contributed by atoms with Crippen LogP contribution in [0.15, 0.2) is 27.1 Å². The topological polar surface area (TPSA) is 46.5 Å². The summed E-state index contributed by atoms with van der Waals surface area (Å²) in [7, 11) is 0. The van der Waals surface area contributed by atoms with Gasteiger partial charge in [-0.2, -0.15) is 5.10 Å². The number of aryl methyl sites for hydroxylation is 1. The third-order valence-electron chi connectivity index (χ3n) is 2.31. The third-order valence-corrected chi connectivity index (χ3v) is 4.05. The molecule has 21 heavy (non-hydrogen) atoms. The first kappa shape index (κ1) is 15.8. The molecule has 0 unspecified atom stereocenters. The highest BCUT2D eigenvalue weighted by Gasteiger charge is 2.08. The van der Waals surface area contributed by atoms with Gasteiger partial charge in [-0.3, -0.25) is 5.43 Å². The number of ether oxygens (including phenoxy) is 1. The number of hydrazone groups is 1. The smallest absolute Gasteiger partial charge is 0.203 e. The van der Waals surface area contributed by atoms with Crippen LogP contribution in [-0.2, 0) is 0 Å². The van der Waals surface area contributed by atoms with E-state index >= 15 is 0 Å². The van der Waals surface area contributed by atoms with E-state index in [9.17, 15) is 0 Å². The summed E-state index contributed by atoms with van der Waals surface area (Å²) in [6, 6.07) is 3.59. The van der Waals surface area contributed by atoms with Gasteiger partial charge in [0.25, 0.3) is 0 Å². The van der Waals surface area contributed by atoms with Crippen LogP contribution >= 0.6 is 38.9 Å². The molecule has 0 amide bonds. The molecule has 0 spiro atoms. The molecule has 0 saturated heterocycles. The van der Waals surface area contributed by atoms with Crippen LogP contribution in [0.5, 0.6) is 5.75 Å². The molecule has 0 aliphatic carbocycles. The highest BCUT2D eigenvalue weighted by atomic mass is 79.9. The molecule has 0 aliphatic rings. The number of halogens is 2. The first-order valence-corrected chi connectivity index (χ1v) is 7.91. The summed E-state index contributed by atoms with van der Waals surface area (Å²) in [6.07, 6.45) is 6.81. The van der Waals surface area contributed by atoms with Crippen LogP contribution in [0.4, 0.5) is 5.13 Å². The number of benzene rings is 1. The average molecular weight is 385 g/mol. The summed E-state index contributed by atoms with van der Waals surface area (Å²) in [4.78, 5) is 4.24. The number of hydrogen-bond acceptors (Lipinski definition) is 5. The van der Waals surface area contributed by atoms with Gasteiger partial charge in [-0.15, -0.1) is 17.8 Å². The maximum absolute atomic E-state index is 6.15. The summed E-state index contributed by atoms with van der Waals surface area (Å²) >= 11 is 11.0. The van der Waals surface area contributed by atoms with Gasteiger partial charge >= 0.3 is 0 Å². The molecule has 1 N–H and O–H groups in total. The summed E-state index contributed by atoms with van der Waals surface area (Å²) in [6.45, 7) is 2.09. The molecule has 108 valence electrons. The number of thiazole rings is 1. The Morgan fingerprint density at radius 2 is 2.43 bits per heavy atom. The van der Waals surface area contributed by atoms with Crippen LogP contribution in [0.1, 0.15) is 11.3 Å². The summed E-state index contributed by atoms with van der Waals surface area (Å²) < 4.78 is 6.08. The molecule has 2 rings (SSSR count). The lowest BCUT2D eigenvalue weighted by molar-refractivity contribution is 0.368. The lowest BCUT2D eigenvalue weighted by Crippen LogP contribution is -1.97. The molecule has 1 heterocycles. The van der Waals surface area contributed by atoms with Crippen LogP contribution in [0.3, 0.4) is 0 Å². The number of anilines is 1. The van der Waals surface area contributed by atoms with E-state index in [1.165, 1.54) is 11.3 Å². The van der Waals surface area contributed by atoms with Gasteiger partial charge in [0.05, 0.1) is 21.4 Å². The van der Waals surface area contributed by atoms with Crippen molar-refractivity contribution in [3.8, 4) is 18.1 Å². The van der Waals surface area contributed by atoms with E-state index in [0.29, 0.717) is 10.8 Å².